The van der Waals surface area contributed by atoms with E-state index in [0.29, 0.717) is 17.5 Å². The Hall–Kier alpha value is -0.660. The summed E-state index contributed by atoms with van der Waals surface area (Å²) >= 11 is 7.44. The Morgan fingerprint density at radius 2 is 2.24 bits per heavy atom. The number of aromatic nitrogens is 2. The lowest BCUT2D eigenvalue weighted by Gasteiger charge is -2.30. The fraction of sp³-hybridized carbons (Fsp3) is 0.571. The van der Waals surface area contributed by atoms with Crippen LogP contribution < -0.4 is 0 Å². The minimum atomic E-state index is -0.581. The number of aliphatic hydroxyl groups is 2. The second-order valence-corrected chi connectivity index (χ2v) is 6.03. The summed E-state index contributed by atoms with van der Waals surface area (Å²) in [5.74, 6) is 0.583. The first kappa shape index (κ1) is 18.4. The predicted molar refractivity (Wildman–Crippen MR) is 88.6 cm³/mol. The lowest BCUT2D eigenvalue weighted by molar-refractivity contribution is 0.0480. The summed E-state index contributed by atoms with van der Waals surface area (Å²) < 4.78 is 0. The molecule has 2 N–H and O–H groups in total. The molecular weight excluding hydrogens is 310 g/mol. The van der Waals surface area contributed by atoms with Crippen molar-refractivity contribution in [1.29, 1.82) is 0 Å². The van der Waals surface area contributed by atoms with Crippen LogP contribution in [0.3, 0.4) is 0 Å². The zero-order chi connectivity index (χ0) is 15.8. The van der Waals surface area contributed by atoms with Gasteiger partial charge in [0.05, 0.1) is 24.4 Å². The van der Waals surface area contributed by atoms with Gasteiger partial charge in [-0.3, -0.25) is 4.90 Å². The van der Waals surface area contributed by atoms with E-state index in [9.17, 15) is 10.2 Å². The normalized spacial score (nSPS) is 15.3. The molecule has 0 saturated heterocycles. The molecule has 0 amide bonds. The van der Waals surface area contributed by atoms with Crippen molar-refractivity contribution in [2.24, 2.45) is 0 Å². The first-order chi connectivity index (χ1) is 10.0. The molecular formula is C14H22ClN3O2S. The van der Waals surface area contributed by atoms with Gasteiger partial charge >= 0.3 is 0 Å². The molecule has 0 aromatic carbocycles. The highest BCUT2D eigenvalue weighted by Crippen LogP contribution is 2.17. The molecule has 0 unspecified atom stereocenters. The van der Waals surface area contributed by atoms with Crippen molar-refractivity contribution < 1.29 is 10.2 Å². The summed E-state index contributed by atoms with van der Waals surface area (Å²) in [6.45, 7) is 2.38. The zero-order valence-electron chi connectivity index (χ0n) is 12.5. The van der Waals surface area contributed by atoms with E-state index >= 15 is 0 Å². The molecule has 0 saturated carbocycles. The Morgan fingerprint density at radius 3 is 2.76 bits per heavy atom. The summed E-state index contributed by atoms with van der Waals surface area (Å²) in [7, 11) is 1.87. The van der Waals surface area contributed by atoms with Crippen LogP contribution in [0.15, 0.2) is 18.5 Å². The fourth-order valence-electron chi connectivity index (χ4n) is 2.05. The average molecular weight is 332 g/mol. The minimum Gasteiger partial charge on any atom is -0.395 e. The van der Waals surface area contributed by atoms with Crippen LogP contribution in [0.4, 0.5) is 0 Å². The topological polar surface area (TPSA) is 69.5 Å². The molecule has 1 aromatic rings. The highest BCUT2D eigenvalue weighted by Gasteiger charge is 2.23. The van der Waals surface area contributed by atoms with E-state index in [2.05, 4.69) is 9.97 Å². The lowest BCUT2D eigenvalue weighted by atomic mass is 10.1. The number of likely N-dealkylation sites (N-methyl/N-ethyl adjacent to an activating group) is 1. The Balaban J connectivity index is 2.81. The number of aliphatic hydroxyl groups excluding tert-OH is 2. The van der Waals surface area contributed by atoms with Crippen LogP contribution in [0.5, 0.6) is 0 Å². The predicted octanol–water partition coefficient (Wildman–Crippen LogP) is 1.55. The van der Waals surface area contributed by atoms with Crippen molar-refractivity contribution in [3.63, 3.8) is 0 Å². The van der Waals surface area contributed by atoms with Gasteiger partial charge in [-0.15, -0.1) is 0 Å². The van der Waals surface area contributed by atoms with E-state index in [1.807, 2.05) is 31.2 Å². The maximum absolute atomic E-state index is 10.1. The highest BCUT2D eigenvalue weighted by molar-refractivity contribution is 7.98. The third-order valence-corrected chi connectivity index (χ3v) is 4.15. The molecule has 5 nitrogen and oxygen atoms in total. The van der Waals surface area contributed by atoms with Gasteiger partial charge in [0, 0.05) is 18.4 Å². The van der Waals surface area contributed by atoms with E-state index in [-0.39, 0.29) is 12.6 Å². The lowest BCUT2D eigenvalue weighted by Crippen LogP contribution is -2.45. The van der Waals surface area contributed by atoms with E-state index in [4.69, 9.17) is 11.6 Å². The molecule has 0 fully saturated rings. The van der Waals surface area contributed by atoms with Gasteiger partial charge in [0.1, 0.15) is 11.5 Å². The summed E-state index contributed by atoms with van der Waals surface area (Å²) in [6.07, 6.45) is 4.72. The first-order valence-electron chi connectivity index (χ1n) is 6.64. The smallest absolute Gasteiger partial charge is 0.133 e. The van der Waals surface area contributed by atoms with Gasteiger partial charge in [0.25, 0.3) is 0 Å². The second-order valence-electron chi connectivity index (χ2n) is 4.73. The molecule has 1 heterocycles. The number of rotatable bonds is 8. The Labute approximate surface area is 135 Å². The molecule has 2 atom stereocenters. The third kappa shape index (κ3) is 5.56. The molecule has 7 heteroatoms. The monoisotopic (exact) mass is 331 g/mol. The summed E-state index contributed by atoms with van der Waals surface area (Å²) in [6, 6.07) is 1.39. The number of nitrogens with zero attached hydrogens (tertiary/aromatic N) is 3. The van der Waals surface area contributed by atoms with E-state index in [1.54, 1.807) is 17.8 Å². The summed E-state index contributed by atoms with van der Waals surface area (Å²) in [5.41, 5.74) is 1.72. The van der Waals surface area contributed by atoms with Gasteiger partial charge in [0.15, 0.2) is 0 Å². The molecule has 0 spiro atoms. The van der Waals surface area contributed by atoms with Crippen molar-refractivity contribution in [3.8, 4) is 0 Å². The van der Waals surface area contributed by atoms with Gasteiger partial charge < -0.3 is 10.2 Å². The molecule has 0 aliphatic heterocycles. The van der Waals surface area contributed by atoms with Crippen LogP contribution in [0, 0.1) is 0 Å². The summed E-state index contributed by atoms with van der Waals surface area (Å²) in [4.78, 5) is 10.0. The molecule has 21 heavy (non-hydrogen) atoms. The van der Waals surface area contributed by atoms with Gasteiger partial charge in [-0.25, -0.2) is 9.97 Å². The molecule has 1 rings (SSSR count). The van der Waals surface area contributed by atoms with E-state index in [1.165, 1.54) is 6.33 Å². The SMILES string of the molecule is C/C=C(/CN(C)[C@H](CO)[C@H](O)CSC)c1cc(Cl)ncn1. The van der Waals surface area contributed by atoms with Crippen molar-refractivity contribution in [2.75, 3.05) is 32.2 Å². The van der Waals surface area contributed by atoms with Crippen molar-refractivity contribution in [2.45, 2.75) is 19.1 Å². The van der Waals surface area contributed by atoms with Crippen molar-refractivity contribution in [3.05, 3.63) is 29.3 Å². The van der Waals surface area contributed by atoms with E-state index in [0.717, 1.165) is 11.3 Å². The quantitative estimate of drug-likeness (QED) is 0.704. The van der Waals surface area contributed by atoms with Gasteiger partial charge in [-0.2, -0.15) is 11.8 Å². The zero-order valence-corrected chi connectivity index (χ0v) is 14.1. The van der Waals surface area contributed by atoms with Crippen molar-refractivity contribution in [1.82, 2.24) is 14.9 Å². The number of thioether (sulfide) groups is 1. The standard InChI is InChI=1S/C14H22ClN3O2S/c1-4-10(11-5-14(15)17-9-16-11)6-18(2)12(7-19)13(20)8-21-3/h4-5,9,12-13,19-20H,6-8H2,1-3H3/b10-4-/t12-,13-/m1/s1. The Bertz CT molecular complexity index is 473. The molecule has 0 radical (unpaired) electrons. The number of hydrogen-bond acceptors (Lipinski definition) is 6. The van der Waals surface area contributed by atoms with Gasteiger partial charge in [-0.05, 0) is 25.8 Å². The largest absolute Gasteiger partial charge is 0.395 e. The first-order valence-corrected chi connectivity index (χ1v) is 8.41. The highest BCUT2D eigenvalue weighted by atomic mass is 35.5. The number of hydrogen-bond donors (Lipinski definition) is 2. The molecule has 118 valence electrons. The van der Waals surface area contributed by atoms with Crippen LogP contribution in [0.1, 0.15) is 12.6 Å². The molecule has 0 aliphatic carbocycles. The third-order valence-electron chi connectivity index (χ3n) is 3.27. The number of allylic oxidation sites excluding steroid dienone is 1. The van der Waals surface area contributed by atoms with Crippen molar-refractivity contribution >= 4 is 28.9 Å². The van der Waals surface area contributed by atoms with Crippen LogP contribution in [-0.2, 0) is 0 Å². The minimum absolute atomic E-state index is 0.0975. The fourth-order valence-corrected chi connectivity index (χ4v) is 2.76. The second kappa shape index (κ2) is 9.38. The molecule has 0 aliphatic rings. The maximum Gasteiger partial charge on any atom is 0.133 e. The van der Waals surface area contributed by atoms with Crippen LogP contribution >= 0.6 is 23.4 Å². The van der Waals surface area contributed by atoms with E-state index < -0.39 is 6.10 Å². The van der Waals surface area contributed by atoms with Crippen LogP contribution in [-0.4, -0.2) is 69.4 Å². The average Bonchev–Trinajstić information content (AvgIpc) is 2.45. The van der Waals surface area contributed by atoms with Gasteiger partial charge in [-0.1, -0.05) is 17.7 Å². The molecule has 0 bridgehead atoms. The Kier molecular flexibility index (Phi) is 8.21. The maximum atomic E-state index is 10.1. The number of halogens is 1. The summed E-state index contributed by atoms with van der Waals surface area (Å²) in [5, 5.41) is 20.0. The van der Waals surface area contributed by atoms with Gasteiger partial charge in [0.2, 0.25) is 0 Å². The Morgan fingerprint density at radius 1 is 1.52 bits per heavy atom. The molecule has 1 aromatic heterocycles. The van der Waals surface area contributed by atoms with Crippen LogP contribution in [0.25, 0.3) is 5.57 Å². The van der Waals surface area contributed by atoms with Crippen LogP contribution in [0.2, 0.25) is 5.15 Å².